The summed E-state index contributed by atoms with van der Waals surface area (Å²) < 4.78 is 10.1. The van der Waals surface area contributed by atoms with Gasteiger partial charge in [0.05, 0.1) is 16.6 Å². The summed E-state index contributed by atoms with van der Waals surface area (Å²) in [6.07, 6.45) is 3.92. The Morgan fingerprint density at radius 1 is 0.553 bits per heavy atom. The van der Waals surface area contributed by atoms with Gasteiger partial charge in [-0.15, -0.1) is 6.58 Å². The number of aryl methyl sites for hydroxylation is 1. The van der Waals surface area contributed by atoms with Crippen molar-refractivity contribution in [2.45, 2.75) is 72.4 Å². The molecule has 0 saturated carbocycles. The summed E-state index contributed by atoms with van der Waals surface area (Å²) in [6.45, 7) is 20.2. The van der Waals surface area contributed by atoms with Crippen molar-refractivity contribution in [3.8, 4) is 11.4 Å². The van der Waals surface area contributed by atoms with Crippen LogP contribution in [-0.2, 0) is 17.5 Å². The van der Waals surface area contributed by atoms with Crippen molar-refractivity contribution in [2.75, 3.05) is 0 Å². The van der Waals surface area contributed by atoms with Gasteiger partial charge in [-0.25, -0.2) is 0 Å². The van der Waals surface area contributed by atoms with Crippen LogP contribution in [0.1, 0.15) is 59.2 Å². The predicted molar refractivity (Wildman–Crippen MR) is 202 cm³/mol. The lowest BCUT2D eigenvalue weighted by Crippen LogP contribution is -2.23. The van der Waals surface area contributed by atoms with Crippen molar-refractivity contribution in [1.82, 2.24) is 18.3 Å². The highest BCUT2D eigenvalue weighted by Gasteiger charge is 2.29. The summed E-state index contributed by atoms with van der Waals surface area (Å²) in [5.74, 6) is 0. The lowest BCUT2D eigenvalue weighted by molar-refractivity contribution is 0.419. The van der Waals surface area contributed by atoms with Crippen LogP contribution in [0.15, 0.2) is 110 Å². The molecule has 0 radical (unpaired) electrons. The summed E-state index contributed by atoms with van der Waals surface area (Å²) in [7, 11) is 0. The lowest BCUT2D eigenvalue weighted by atomic mass is 10.1. The second-order valence-corrected chi connectivity index (χ2v) is 15.0. The molecular formula is C43H44N4. The van der Waals surface area contributed by atoms with Crippen LogP contribution in [0.25, 0.3) is 66.2 Å². The van der Waals surface area contributed by atoms with Gasteiger partial charge in [-0.2, -0.15) is 0 Å². The van der Waals surface area contributed by atoms with Crippen LogP contribution in [-0.4, -0.2) is 18.3 Å². The van der Waals surface area contributed by atoms with Crippen LogP contribution < -0.4 is 0 Å². The largest absolute Gasteiger partial charge is 0.321 e. The molecule has 8 rings (SSSR count). The van der Waals surface area contributed by atoms with Gasteiger partial charge in [0.1, 0.15) is 11.3 Å². The first-order chi connectivity index (χ1) is 22.5. The molecule has 0 bridgehead atoms. The Morgan fingerprint density at radius 3 is 1.49 bits per heavy atom. The van der Waals surface area contributed by atoms with Gasteiger partial charge < -0.3 is 9.13 Å². The number of para-hydroxylation sites is 3. The lowest BCUT2D eigenvalue weighted by Gasteiger charge is -2.26. The number of aromatic nitrogens is 4. The van der Waals surface area contributed by atoms with Gasteiger partial charge in [-0.1, -0.05) is 60.7 Å². The summed E-state index contributed by atoms with van der Waals surface area (Å²) in [6, 6.07) is 35.9. The van der Waals surface area contributed by atoms with E-state index in [0.29, 0.717) is 0 Å². The molecule has 0 aliphatic heterocycles. The Hall–Kier alpha value is -4.96. The molecule has 8 aromatic rings. The quantitative estimate of drug-likeness (QED) is 0.171. The minimum atomic E-state index is -0.109. The first-order valence-electron chi connectivity index (χ1n) is 16.9. The molecular weight excluding hydrogens is 573 g/mol. The molecule has 0 aliphatic rings. The van der Waals surface area contributed by atoms with Gasteiger partial charge in [0.2, 0.25) is 0 Å². The highest BCUT2D eigenvalue weighted by atomic mass is 15.2. The SMILES string of the molecule is C=CCCc1c(C)c2c3ccccc3n(C(C)(C)C)c2n1-c1ccc(-n2c3ccccc3c3c4ccccc4n(C(C)(C)C)c32)cc1. The third kappa shape index (κ3) is 4.20. The molecule has 0 saturated heterocycles. The Balaban J connectivity index is 1.42. The van der Waals surface area contributed by atoms with Crippen LogP contribution in [0, 0.1) is 6.92 Å². The summed E-state index contributed by atoms with van der Waals surface area (Å²) in [4.78, 5) is 0. The Kier molecular flexibility index (Phi) is 6.43. The molecule has 0 spiro atoms. The molecule has 0 fully saturated rings. The summed E-state index contributed by atoms with van der Waals surface area (Å²) in [5.41, 5.74) is 11.1. The van der Waals surface area contributed by atoms with Crippen molar-refractivity contribution in [1.29, 1.82) is 0 Å². The van der Waals surface area contributed by atoms with E-state index in [2.05, 4.69) is 170 Å². The average Bonchev–Trinajstić information content (AvgIpc) is 3.74. The fourth-order valence-electron chi connectivity index (χ4n) is 8.13. The topological polar surface area (TPSA) is 19.7 Å². The standard InChI is InChI=1S/C43H44N4/c1-9-10-20-34-28(2)38-32-18-12-15-22-36(32)46(42(3,4)5)40(38)44(34)29-24-26-30(27-25-29)45-35-21-14-11-17-31(35)39-33-19-13-16-23-37(33)47(41(39)45)43(6,7)8/h9,11-19,21-27H,1,10,20H2,2-8H3. The van der Waals surface area contributed by atoms with E-state index < -0.39 is 0 Å². The molecule has 4 heteroatoms. The zero-order valence-corrected chi connectivity index (χ0v) is 28.7. The molecule has 47 heavy (non-hydrogen) atoms. The highest BCUT2D eigenvalue weighted by Crippen LogP contribution is 2.43. The van der Waals surface area contributed by atoms with Crippen molar-refractivity contribution in [3.63, 3.8) is 0 Å². The predicted octanol–water partition coefficient (Wildman–Crippen LogP) is 11.6. The minimum absolute atomic E-state index is 0.102. The molecule has 0 unspecified atom stereocenters. The number of hydrogen-bond donors (Lipinski definition) is 0. The minimum Gasteiger partial charge on any atom is -0.321 e. The van der Waals surface area contributed by atoms with Crippen LogP contribution in [0.2, 0.25) is 0 Å². The Bertz CT molecular complexity index is 2490. The molecule has 0 aliphatic carbocycles. The second kappa shape index (κ2) is 10.3. The van der Waals surface area contributed by atoms with Gasteiger partial charge >= 0.3 is 0 Å². The number of benzene rings is 4. The molecule has 4 nitrogen and oxygen atoms in total. The Morgan fingerprint density at radius 2 is 0.979 bits per heavy atom. The van der Waals surface area contributed by atoms with Crippen molar-refractivity contribution in [2.24, 2.45) is 0 Å². The van der Waals surface area contributed by atoms with Crippen molar-refractivity contribution < 1.29 is 0 Å². The van der Waals surface area contributed by atoms with E-state index in [1.807, 2.05) is 6.08 Å². The third-order valence-corrected chi connectivity index (χ3v) is 9.91. The molecule has 4 aromatic carbocycles. The van der Waals surface area contributed by atoms with Crippen molar-refractivity contribution in [3.05, 3.63) is 121 Å². The maximum absolute atomic E-state index is 4.07. The van der Waals surface area contributed by atoms with E-state index in [0.717, 1.165) is 18.5 Å². The van der Waals surface area contributed by atoms with E-state index in [1.165, 1.54) is 71.7 Å². The van der Waals surface area contributed by atoms with Gasteiger partial charge in [-0.3, -0.25) is 9.13 Å². The first kappa shape index (κ1) is 29.4. The maximum Gasteiger partial charge on any atom is 0.127 e. The van der Waals surface area contributed by atoms with Gasteiger partial charge in [0, 0.05) is 55.1 Å². The number of hydrogen-bond acceptors (Lipinski definition) is 0. The molecule has 4 aromatic heterocycles. The molecule has 236 valence electrons. The monoisotopic (exact) mass is 616 g/mol. The highest BCUT2D eigenvalue weighted by molar-refractivity contribution is 6.22. The van der Waals surface area contributed by atoms with Gasteiger partial charge in [0.15, 0.2) is 0 Å². The maximum atomic E-state index is 4.07. The summed E-state index contributed by atoms with van der Waals surface area (Å²) in [5, 5.41) is 6.58. The second-order valence-electron chi connectivity index (χ2n) is 15.0. The van der Waals surface area contributed by atoms with E-state index in [1.54, 1.807) is 0 Å². The summed E-state index contributed by atoms with van der Waals surface area (Å²) >= 11 is 0. The number of allylic oxidation sites excluding steroid dienone is 1. The van der Waals surface area contributed by atoms with Gasteiger partial charge in [0.25, 0.3) is 0 Å². The van der Waals surface area contributed by atoms with Gasteiger partial charge in [-0.05, 0) is 109 Å². The first-order valence-corrected chi connectivity index (χ1v) is 16.9. The van der Waals surface area contributed by atoms with E-state index in [9.17, 15) is 0 Å². The average molecular weight is 617 g/mol. The molecule has 0 N–H and O–H groups in total. The van der Waals surface area contributed by atoms with Crippen LogP contribution >= 0.6 is 0 Å². The number of fused-ring (bicyclic) bond motifs is 8. The van der Waals surface area contributed by atoms with Crippen LogP contribution in [0.3, 0.4) is 0 Å². The number of rotatable bonds is 5. The smallest absolute Gasteiger partial charge is 0.127 e. The van der Waals surface area contributed by atoms with Crippen LogP contribution in [0.4, 0.5) is 0 Å². The van der Waals surface area contributed by atoms with E-state index >= 15 is 0 Å². The number of nitrogens with zero attached hydrogens (tertiary/aromatic N) is 4. The molecule has 4 heterocycles. The normalized spacial score (nSPS) is 12.8. The van der Waals surface area contributed by atoms with E-state index in [4.69, 9.17) is 0 Å². The van der Waals surface area contributed by atoms with Crippen LogP contribution in [0.5, 0.6) is 0 Å². The van der Waals surface area contributed by atoms with Crippen molar-refractivity contribution >= 4 is 54.8 Å². The zero-order valence-electron chi connectivity index (χ0n) is 28.7. The third-order valence-electron chi connectivity index (χ3n) is 9.91. The fraction of sp³-hybridized carbons (Fsp3) is 0.256. The molecule has 0 amide bonds. The Labute approximate surface area is 277 Å². The zero-order chi connectivity index (χ0) is 32.8. The fourth-order valence-corrected chi connectivity index (χ4v) is 8.13. The molecule has 0 atom stereocenters. The van der Waals surface area contributed by atoms with E-state index in [-0.39, 0.29) is 11.1 Å².